The highest BCUT2D eigenvalue weighted by Crippen LogP contribution is 2.20. The summed E-state index contributed by atoms with van der Waals surface area (Å²) in [4.78, 5) is 42.5. The van der Waals surface area contributed by atoms with Crippen molar-refractivity contribution in [3.63, 3.8) is 0 Å². The first-order valence-electron chi connectivity index (χ1n) is 13.7. The Morgan fingerprint density at radius 2 is 1.82 bits per heavy atom. The van der Waals surface area contributed by atoms with Gasteiger partial charge in [0.25, 0.3) is 11.5 Å². The number of aryl methyl sites for hydroxylation is 4. The van der Waals surface area contributed by atoms with Crippen molar-refractivity contribution < 1.29 is 19.4 Å². The first-order valence-corrected chi connectivity index (χ1v) is 13.7. The zero-order valence-electron chi connectivity index (χ0n) is 22.7. The van der Waals surface area contributed by atoms with E-state index in [4.69, 9.17) is 9.72 Å². The molecule has 8 nitrogen and oxygen atoms in total. The molecule has 4 rings (SSSR count). The standard InChI is InChI=1S/C31H37N3O5/c1-21-20-28(35)34(25-12-4-3-5-13-25)22(2)29(21)30(36)33-27(31(37)38)17-19-39-18-9-8-11-24-16-15-23-10-6-7-14-26(23)32-24/h3-5,12-13,15-16,20,27H,6-11,14,17-19H2,1-2H3,(H,33,36)(H,37,38)/t27-/m0/s1. The molecular weight excluding hydrogens is 494 g/mol. The first-order chi connectivity index (χ1) is 18.8. The molecular formula is C31H37N3O5. The number of nitrogens with one attached hydrogen (secondary N) is 1. The predicted octanol–water partition coefficient (Wildman–Crippen LogP) is 4.34. The highest BCUT2D eigenvalue weighted by atomic mass is 16.5. The van der Waals surface area contributed by atoms with Crippen molar-refractivity contribution in [1.29, 1.82) is 0 Å². The van der Waals surface area contributed by atoms with Gasteiger partial charge in [0.1, 0.15) is 6.04 Å². The number of hydrogen-bond acceptors (Lipinski definition) is 5. The largest absolute Gasteiger partial charge is 0.480 e. The molecule has 3 aromatic rings. The zero-order valence-corrected chi connectivity index (χ0v) is 22.7. The Balaban J connectivity index is 1.27. The number of carboxylic acids is 1. The molecule has 39 heavy (non-hydrogen) atoms. The average Bonchev–Trinajstić information content (AvgIpc) is 2.92. The molecule has 2 N–H and O–H groups in total. The van der Waals surface area contributed by atoms with Gasteiger partial charge in [-0.1, -0.05) is 24.3 Å². The van der Waals surface area contributed by atoms with Crippen LogP contribution in [0.3, 0.4) is 0 Å². The van der Waals surface area contributed by atoms with Crippen LogP contribution in [0.4, 0.5) is 0 Å². The van der Waals surface area contributed by atoms with Crippen molar-refractivity contribution >= 4 is 11.9 Å². The van der Waals surface area contributed by atoms with E-state index in [2.05, 4.69) is 17.4 Å². The van der Waals surface area contributed by atoms with Crippen molar-refractivity contribution in [3.05, 3.63) is 92.7 Å². The van der Waals surface area contributed by atoms with E-state index < -0.39 is 17.9 Å². The lowest BCUT2D eigenvalue weighted by molar-refractivity contribution is -0.139. The average molecular weight is 532 g/mol. The number of carbonyl (C=O) groups excluding carboxylic acids is 1. The number of rotatable bonds is 12. The van der Waals surface area contributed by atoms with Crippen LogP contribution >= 0.6 is 0 Å². The lowest BCUT2D eigenvalue weighted by Crippen LogP contribution is -2.42. The maximum atomic E-state index is 13.2. The number of fused-ring (bicyclic) bond motifs is 1. The number of aromatic nitrogens is 2. The molecule has 2 aromatic heterocycles. The summed E-state index contributed by atoms with van der Waals surface area (Å²) >= 11 is 0. The van der Waals surface area contributed by atoms with Crippen LogP contribution in [0.15, 0.2) is 53.3 Å². The summed E-state index contributed by atoms with van der Waals surface area (Å²) in [5.41, 5.74) is 5.39. The van der Waals surface area contributed by atoms with Gasteiger partial charge in [0.2, 0.25) is 0 Å². The van der Waals surface area contributed by atoms with Crippen LogP contribution in [-0.4, -0.2) is 45.8 Å². The number of ether oxygens (including phenoxy) is 1. The van der Waals surface area contributed by atoms with Gasteiger partial charge in [-0.3, -0.25) is 19.1 Å². The summed E-state index contributed by atoms with van der Waals surface area (Å²) < 4.78 is 7.15. The van der Waals surface area contributed by atoms with Crippen LogP contribution < -0.4 is 10.9 Å². The molecule has 1 amide bonds. The number of pyridine rings is 2. The molecule has 0 saturated carbocycles. The van der Waals surface area contributed by atoms with Crippen molar-refractivity contribution in [1.82, 2.24) is 14.9 Å². The monoisotopic (exact) mass is 531 g/mol. The number of unbranched alkanes of at least 4 members (excludes halogenated alkanes) is 1. The Hall–Kier alpha value is -3.78. The van der Waals surface area contributed by atoms with Crippen molar-refractivity contribution in [3.8, 4) is 5.69 Å². The second kappa shape index (κ2) is 13.3. The smallest absolute Gasteiger partial charge is 0.326 e. The number of carbonyl (C=O) groups is 2. The van der Waals surface area contributed by atoms with Crippen LogP contribution in [0, 0.1) is 13.8 Å². The first kappa shape index (κ1) is 28.2. The number of nitrogens with zero attached hydrogens (tertiary/aromatic N) is 2. The van der Waals surface area contributed by atoms with E-state index in [0.29, 0.717) is 29.1 Å². The van der Waals surface area contributed by atoms with Crippen LogP contribution in [0.2, 0.25) is 0 Å². The molecule has 2 heterocycles. The van der Waals surface area contributed by atoms with Gasteiger partial charge in [-0.15, -0.1) is 0 Å². The zero-order chi connectivity index (χ0) is 27.8. The van der Waals surface area contributed by atoms with E-state index in [0.717, 1.165) is 37.8 Å². The van der Waals surface area contributed by atoms with Crippen LogP contribution in [-0.2, 0) is 28.8 Å². The minimum absolute atomic E-state index is 0.143. The summed E-state index contributed by atoms with van der Waals surface area (Å²) in [6.07, 6.45) is 7.51. The Kier molecular flexibility index (Phi) is 9.65. The van der Waals surface area contributed by atoms with E-state index in [-0.39, 0.29) is 18.6 Å². The fourth-order valence-corrected chi connectivity index (χ4v) is 5.19. The second-order valence-corrected chi connectivity index (χ2v) is 10.1. The third kappa shape index (κ3) is 7.20. The minimum Gasteiger partial charge on any atom is -0.480 e. The quantitative estimate of drug-likeness (QED) is 0.337. The van der Waals surface area contributed by atoms with Crippen molar-refractivity contribution in [2.75, 3.05) is 13.2 Å². The third-order valence-corrected chi connectivity index (χ3v) is 7.26. The topological polar surface area (TPSA) is 111 Å². The maximum absolute atomic E-state index is 13.2. The summed E-state index contributed by atoms with van der Waals surface area (Å²) in [6.45, 7) is 4.10. The van der Waals surface area contributed by atoms with Crippen LogP contribution in [0.1, 0.15) is 70.7 Å². The van der Waals surface area contributed by atoms with Crippen molar-refractivity contribution in [2.24, 2.45) is 0 Å². The molecule has 0 saturated heterocycles. The number of carboxylic acid groups (broad SMARTS) is 1. The molecule has 0 bridgehead atoms. The van der Waals surface area contributed by atoms with Gasteiger partial charge in [-0.05, 0) is 88.1 Å². The normalized spacial score (nSPS) is 13.5. The van der Waals surface area contributed by atoms with Gasteiger partial charge in [0.15, 0.2) is 0 Å². The van der Waals surface area contributed by atoms with E-state index in [1.165, 1.54) is 34.7 Å². The van der Waals surface area contributed by atoms with Gasteiger partial charge in [0, 0.05) is 48.5 Å². The Morgan fingerprint density at radius 3 is 2.59 bits per heavy atom. The Bertz CT molecular complexity index is 1370. The van der Waals surface area contributed by atoms with E-state index in [9.17, 15) is 19.5 Å². The van der Waals surface area contributed by atoms with Crippen molar-refractivity contribution in [2.45, 2.75) is 71.3 Å². The van der Waals surface area contributed by atoms with E-state index >= 15 is 0 Å². The number of benzene rings is 1. The Morgan fingerprint density at radius 1 is 1.05 bits per heavy atom. The highest BCUT2D eigenvalue weighted by Gasteiger charge is 2.24. The molecule has 0 fully saturated rings. The number of para-hydroxylation sites is 1. The van der Waals surface area contributed by atoms with E-state index in [1.807, 2.05) is 18.2 Å². The number of amides is 1. The molecule has 0 unspecified atom stereocenters. The number of hydrogen-bond donors (Lipinski definition) is 2. The highest BCUT2D eigenvalue weighted by molar-refractivity contribution is 5.98. The molecule has 0 spiro atoms. The lowest BCUT2D eigenvalue weighted by Gasteiger charge is -2.19. The summed E-state index contributed by atoms with van der Waals surface area (Å²) in [5, 5.41) is 12.3. The molecule has 1 atom stereocenters. The van der Waals surface area contributed by atoms with Gasteiger partial charge in [0.05, 0.1) is 5.56 Å². The predicted molar refractivity (Wildman–Crippen MR) is 150 cm³/mol. The van der Waals surface area contributed by atoms with E-state index in [1.54, 1.807) is 26.0 Å². The van der Waals surface area contributed by atoms with Crippen LogP contribution in [0.25, 0.3) is 5.69 Å². The van der Waals surface area contributed by atoms with Gasteiger partial charge < -0.3 is 15.2 Å². The lowest BCUT2D eigenvalue weighted by atomic mass is 9.95. The van der Waals surface area contributed by atoms with Crippen LogP contribution in [0.5, 0.6) is 0 Å². The fourth-order valence-electron chi connectivity index (χ4n) is 5.19. The number of aliphatic carboxylic acids is 1. The van der Waals surface area contributed by atoms with Gasteiger partial charge in [-0.2, -0.15) is 0 Å². The molecule has 1 aromatic carbocycles. The molecule has 0 aliphatic heterocycles. The SMILES string of the molecule is Cc1cc(=O)n(-c2ccccc2)c(C)c1C(=O)N[C@@H](CCOCCCCc1ccc2c(n1)CCCC2)C(=O)O. The summed E-state index contributed by atoms with van der Waals surface area (Å²) in [7, 11) is 0. The minimum atomic E-state index is -1.13. The Labute approximate surface area is 229 Å². The second-order valence-electron chi connectivity index (χ2n) is 10.1. The molecule has 1 aliphatic rings. The molecule has 0 radical (unpaired) electrons. The molecule has 206 valence electrons. The van der Waals surface area contributed by atoms with Gasteiger partial charge >= 0.3 is 5.97 Å². The molecule has 8 heteroatoms. The third-order valence-electron chi connectivity index (χ3n) is 7.26. The fraction of sp³-hybridized carbons (Fsp3) is 0.419. The van der Waals surface area contributed by atoms with Gasteiger partial charge in [-0.25, -0.2) is 4.79 Å². The maximum Gasteiger partial charge on any atom is 0.326 e. The summed E-state index contributed by atoms with van der Waals surface area (Å²) in [6, 6.07) is 13.7. The molecule has 1 aliphatic carbocycles. The summed E-state index contributed by atoms with van der Waals surface area (Å²) in [5.74, 6) is -1.66.